The number of phenols is 1. The van der Waals surface area contributed by atoms with E-state index in [1.54, 1.807) is 29.5 Å². The number of hydrogen-bond donors (Lipinski definition) is 1. The summed E-state index contributed by atoms with van der Waals surface area (Å²) in [6.45, 7) is 5.06. The first-order valence-corrected chi connectivity index (χ1v) is 8.14. The van der Waals surface area contributed by atoms with Crippen LogP contribution in [0.1, 0.15) is 12.5 Å². The van der Waals surface area contributed by atoms with E-state index in [2.05, 4.69) is 53.1 Å². The van der Waals surface area contributed by atoms with Crippen LogP contribution in [0.2, 0.25) is 0 Å². The maximum absolute atomic E-state index is 9.56. The fourth-order valence-corrected chi connectivity index (χ4v) is 3.35. The molecule has 0 aliphatic heterocycles. The Morgan fingerprint density at radius 3 is 2.59 bits per heavy atom. The molecule has 2 aromatic carbocycles. The van der Waals surface area contributed by atoms with Gasteiger partial charge in [0.05, 0.1) is 11.4 Å². The summed E-state index contributed by atoms with van der Waals surface area (Å²) in [5, 5.41) is 11.7. The van der Waals surface area contributed by atoms with Gasteiger partial charge in [0.25, 0.3) is 0 Å². The van der Waals surface area contributed by atoms with E-state index < -0.39 is 0 Å². The number of thiazole rings is 1. The molecule has 4 heteroatoms. The van der Waals surface area contributed by atoms with Crippen molar-refractivity contribution in [2.24, 2.45) is 4.99 Å². The lowest BCUT2D eigenvalue weighted by molar-refractivity contribution is 0.475. The van der Waals surface area contributed by atoms with Crippen molar-refractivity contribution in [2.45, 2.75) is 20.4 Å². The van der Waals surface area contributed by atoms with Gasteiger partial charge in [-0.15, -0.1) is 11.3 Å². The lowest BCUT2D eigenvalue weighted by Crippen LogP contribution is -2.14. The van der Waals surface area contributed by atoms with E-state index in [1.165, 1.54) is 16.8 Å². The van der Waals surface area contributed by atoms with Crippen LogP contribution in [-0.4, -0.2) is 9.67 Å². The summed E-state index contributed by atoms with van der Waals surface area (Å²) in [5.41, 5.74) is 4.39. The number of nitrogens with zero attached hydrogens (tertiary/aromatic N) is 2. The van der Waals surface area contributed by atoms with Gasteiger partial charge in [0.2, 0.25) is 0 Å². The predicted molar refractivity (Wildman–Crippen MR) is 91.5 cm³/mol. The molecule has 0 fully saturated rings. The largest absolute Gasteiger partial charge is 0.508 e. The van der Waals surface area contributed by atoms with Crippen molar-refractivity contribution in [3.63, 3.8) is 0 Å². The first kappa shape index (κ1) is 14.6. The van der Waals surface area contributed by atoms with E-state index in [9.17, 15) is 5.11 Å². The van der Waals surface area contributed by atoms with Crippen LogP contribution in [0.3, 0.4) is 0 Å². The van der Waals surface area contributed by atoms with Crippen LogP contribution in [0.4, 0.5) is 5.69 Å². The van der Waals surface area contributed by atoms with Crippen LogP contribution in [0.5, 0.6) is 5.75 Å². The second-order valence-electron chi connectivity index (χ2n) is 5.15. The van der Waals surface area contributed by atoms with Crippen molar-refractivity contribution in [3.8, 4) is 17.0 Å². The molecule has 0 saturated heterocycles. The smallest absolute Gasteiger partial charge is 0.190 e. The van der Waals surface area contributed by atoms with Gasteiger partial charge in [0, 0.05) is 18.0 Å². The molecule has 0 spiro atoms. The first-order valence-electron chi connectivity index (χ1n) is 7.26. The molecule has 0 amide bonds. The monoisotopic (exact) mass is 310 g/mol. The van der Waals surface area contributed by atoms with Gasteiger partial charge in [-0.2, -0.15) is 0 Å². The molecule has 0 radical (unpaired) electrons. The van der Waals surface area contributed by atoms with E-state index in [1.807, 2.05) is 6.07 Å². The fourth-order valence-electron chi connectivity index (χ4n) is 2.35. The Hall–Kier alpha value is -2.33. The van der Waals surface area contributed by atoms with Gasteiger partial charge in [-0.1, -0.05) is 35.9 Å². The van der Waals surface area contributed by atoms with Crippen LogP contribution < -0.4 is 4.80 Å². The molecule has 3 aromatic rings. The number of hydrogen-bond acceptors (Lipinski definition) is 3. The second kappa shape index (κ2) is 6.20. The highest BCUT2D eigenvalue weighted by Crippen LogP contribution is 2.22. The number of aromatic nitrogens is 1. The summed E-state index contributed by atoms with van der Waals surface area (Å²) in [5.74, 6) is 0.236. The Morgan fingerprint density at radius 1 is 1.14 bits per heavy atom. The molecule has 0 aliphatic rings. The van der Waals surface area contributed by atoms with Crippen LogP contribution in [0.15, 0.2) is 58.9 Å². The molecule has 3 nitrogen and oxygen atoms in total. The molecule has 0 aliphatic carbocycles. The van der Waals surface area contributed by atoms with Gasteiger partial charge in [0.15, 0.2) is 4.80 Å². The lowest BCUT2D eigenvalue weighted by atomic mass is 10.1. The molecule has 0 unspecified atom stereocenters. The minimum atomic E-state index is 0.236. The van der Waals surface area contributed by atoms with Crippen molar-refractivity contribution >= 4 is 17.0 Å². The lowest BCUT2D eigenvalue weighted by Gasteiger charge is -2.06. The normalized spacial score (nSPS) is 11.8. The van der Waals surface area contributed by atoms with Gasteiger partial charge in [-0.05, 0) is 31.5 Å². The third-order valence-corrected chi connectivity index (χ3v) is 4.38. The van der Waals surface area contributed by atoms with Crippen LogP contribution in [-0.2, 0) is 6.54 Å². The SMILES string of the molecule is CCn1c(-c2ccc(C)cc2)csc1=Nc1cccc(O)c1. The summed E-state index contributed by atoms with van der Waals surface area (Å²) in [6.07, 6.45) is 0. The number of aromatic hydroxyl groups is 1. The Labute approximate surface area is 133 Å². The maximum Gasteiger partial charge on any atom is 0.190 e. The molecule has 3 rings (SSSR count). The Morgan fingerprint density at radius 2 is 1.91 bits per heavy atom. The summed E-state index contributed by atoms with van der Waals surface area (Å²) in [4.78, 5) is 5.59. The topological polar surface area (TPSA) is 37.5 Å². The Kier molecular flexibility index (Phi) is 4.11. The number of aryl methyl sites for hydroxylation is 1. The van der Waals surface area contributed by atoms with Crippen molar-refractivity contribution in [1.29, 1.82) is 0 Å². The van der Waals surface area contributed by atoms with Gasteiger partial charge in [0.1, 0.15) is 5.75 Å². The van der Waals surface area contributed by atoms with Gasteiger partial charge >= 0.3 is 0 Å². The average molecular weight is 310 g/mol. The molecule has 1 aromatic heterocycles. The molecular weight excluding hydrogens is 292 g/mol. The quantitative estimate of drug-likeness (QED) is 0.761. The highest BCUT2D eigenvalue weighted by molar-refractivity contribution is 7.07. The third-order valence-electron chi connectivity index (χ3n) is 3.52. The van der Waals surface area contributed by atoms with Crippen LogP contribution >= 0.6 is 11.3 Å². The van der Waals surface area contributed by atoms with Crippen molar-refractivity contribution in [2.75, 3.05) is 0 Å². The zero-order valence-corrected chi connectivity index (χ0v) is 13.5. The maximum atomic E-state index is 9.56. The number of benzene rings is 2. The van der Waals surface area contributed by atoms with Crippen LogP contribution in [0, 0.1) is 6.92 Å². The zero-order valence-electron chi connectivity index (χ0n) is 12.7. The first-order chi connectivity index (χ1) is 10.7. The third kappa shape index (κ3) is 2.97. The predicted octanol–water partition coefficient (Wildman–Crippen LogP) is 4.48. The van der Waals surface area contributed by atoms with Crippen LogP contribution in [0.25, 0.3) is 11.3 Å². The molecular formula is C18H18N2OS. The molecule has 22 heavy (non-hydrogen) atoms. The standard InChI is InChI=1S/C18H18N2OS/c1-3-20-17(14-9-7-13(2)8-10-14)12-22-18(20)19-15-5-4-6-16(21)11-15/h4-12,21H,3H2,1-2H3. The second-order valence-corrected chi connectivity index (χ2v) is 5.98. The van der Waals surface area contributed by atoms with E-state index in [0.717, 1.165) is 17.0 Å². The Balaban J connectivity index is 2.09. The highest BCUT2D eigenvalue weighted by Gasteiger charge is 2.06. The zero-order chi connectivity index (χ0) is 15.5. The molecule has 1 heterocycles. The fraction of sp³-hybridized carbons (Fsp3) is 0.167. The number of rotatable bonds is 3. The molecule has 0 atom stereocenters. The summed E-state index contributed by atoms with van der Waals surface area (Å²) in [6, 6.07) is 15.6. The van der Waals surface area contributed by atoms with Gasteiger partial charge in [-0.3, -0.25) is 0 Å². The van der Waals surface area contributed by atoms with Crippen molar-refractivity contribution in [1.82, 2.24) is 4.57 Å². The van der Waals surface area contributed by atoms with E-state index >= 15 is 0 Å². The minimum absolute atomic E-state index is 0.236. The van der Waals surface area contributed by atoms with Gasteiger partial charge in [-0.25, -0.2) is 4.99 Å². The van der Waals surface area contributed by atoms with E-state index in [4.69, 9.17) is 0 Å². The molecule has 0 saturated carbocycles. The van der Waals surface area contributed by atoms with E-state index in [0.29, 0.717) is 0 Å². The summed E-state index contributed by atoms with van der Waals surface area (Å²) >= 11 is 1.62. The van der Waals surface area contributed by atoms with Crippen molar-refractivity contribution < 1.29 is 5.11 Å². The molecule has 112 valence electrons. The molecule has 1 N–H and O–H groups in total. The highest BCUT2D eigenvalue weighted by atomic mass is 32.1. The number of phenolic OH excluding ortho intramolecular Hbond substituents is 1. The Bertz CT molecular complexity index is 844. The summed E-state index contributed by atoms with van der Waals surface area (Å²) in [7, 11) is 0. The van der Waals surface area contributed by atoms with Crippen molar-refractivity contribution in [3.05, 3.63) is 64.3 Å². The van der Waals surface area contributed by atoms with Gasteiger partial charge < -0.3 is 9.67 Å². The minimum Gasteiger partial charge on any atom is -0.508 e. The molecule has 0 bridgehead atoms. The average Bonchev–Trinajstić information content (AvgIpc) is 2.90. The summed E-state index contributed by atoms with van der Waals surface area (Å²) < 4.78 is 2.19. The van der Waals surface area contributed by atoms with E-state index in [-0.39, 0.29) is 5.75 Å².